The highest BCUT2D eigenvalue weighted by Gasteiger charge is 2.28. The van der Waals surface area contributed by atoms with E-state index in [-0.39, 0.29) is 4.90 Å². The van der Waals surface area contributed by atoms with Gasteiger partial charge < -0.3 is 5.73 Å². The first kappa shape index (κ1) is 13.5. The van der Waals surface area contributed by atoms with Crippen LogP contribution < -0.4 is 10.5 Å². The molecule has 18 heavy (non-hydrogen) atoms. The number of rotatable bonds is 5. The molecule has 2 atom stereocenters. The molecule has 7 heteroatoms. The molecule has 6 nitrogen and oxygen atoms in total. The van der Waals surface area contributed by atoms with Crippen LogP contribution in [0.4, 0.5) is 0 Å². The topological polar surface area (TPSA) is 101 Å². The number of aromatic nitrogens is 2. The Morgan fingerprint density at radius 1 is 1.50 bits per heavy atom. The highest BCUT2D eigenvalue weighted by atomic mass is 32.2. The fourth-order valence-corrected chi connectivity index (χ4v) is 3.83. The van der Waals surface area contributed by atoms with Crippen molar-refractivity contribution < 1.29 is 8.42 Å². The lowest BCUT2D eigenvalue weighted by Crippen LogP contribution is -2.33. The van der Waals surface area contributed by atoms with Gasteiger partial charge in [-0.15, -0.1) is 0 Å². The van der Waals surface area contributed by atoms with Crippen molar-refractivity contribution in [1.29, 1.82) is 0 Å². The fraction of sp³-hybridized carbons (Fsp3) is 0.727. The SMILES string of the molecule is Cc1[nH]ncc1S(=O)(=O)NCC1CCCC1CN. The number of nitrogens with one attached hydrogen (secondary N) is 2. The van der Waals surface area contributed by atoms with E-state index in [0.29, 0.717) is 30.6 Å². The van der Waals surface area contributed by atoms with E-state index >= 15 is 0 Å². The van der Waals surface area contributed by atoms with Crippen molar-refractivity contribution in [2.45, 2.75) is 31.1 Å². The first-order valence-corrected chi connectivity index (χ1v) is 7.72. The molecule has 0 saturated heterocycles. The van der Waals surface area contributed by atoms with Crippen LogP contribution >= 0.6 is 0 Å². The first-order chi connectivity index (χ1) is 8.54. The summed E-state index contributed by atoms with van der Waals surface area (Å²) < 4.78 is 26.8. The van der Waals surface area contributed by atoms with E-state index in [1.54, 1.807) is 6.92 Å². The normalized spacial score (nSPS) is 24.6. The number of aromatic amines is 1. The average molecular weight is 272 g/mol. The van der Waals surface area contributed by atoms with Crippen LogP contribution in [0.5, 0.6) is 0 Å². The second-order valence-electron chi connectivity index (χ2n) is 4.90. The Bertz CT molecular complexity index is 497. The molecule has 1 heterocycles. The van der Waals surface area contributed by atoms with Gasteiger partial charge in [0, 0.05) is 6.54 Å². The van der Waals surface area contributed by atoms with E-state index in [9.17, 15) is 8.42 Å². The molecule has 1 aliphatic carbocycles. The van der Waals surface area contributed by atoms with Crippen LogP contribution in [0.1, 0.15) is 25.0 Å². The van der Waals surface area contributed by atoms with Crippen molar-refractivity contribution in [1.82, 2.24) is 14.9 Å². The molecule has 2 rings (SSSR count). The van der Waals surface area contributed by atoms with Crippen molar-refractivity contribution in [3.63, 3.8) is 0 Å². The third kappa shape index (κ3) is 2.73. The van der Waals surface area contributed by atoms with Gasteiger partial charge in [-0.05, 0) is 38.1 Å². The van der Waals surface area contributed by atoms with E-state index in [1.807, 2.05) is 0 Å². The van der Waals surface area contributed by atoms with Crippen molar-refractivity contribution in [3.05, 3.63) is 11.9 Å². The zero-order chi connectivity index (χ0) is 13.2. The summed E-state index contributed by atoms with van der Waals surface area (Å²) in [4.78, 5) is 0.227. The molecule has 1 aliphatic rings. The summed E-state index contributed by atoms with van der Waals surface area (Å²) in [5.41, 5.74) is 6.25. The summed E-state index contributed by atoms with van der Waals surface area (Å²) in [5.74, 6) is 0.801. The molecule has 0 radical (unpaired) electrons. The third-order valence-corrected chi connectivity index (χ3v) is 5.27. The van der Waals surface area contributed by atoms with Gasteiger partial charge >= 0.3 is 0 Å². The molecule has 0 amide bonds. The number of hydrogen-bond acceptors (Lipinski definition) is 4. The van der Waals surface area contributed by atoms with Crippen LogP contribution in [0, 0.1) is 18.8 Å². The highest BCUT2D eigenvalue weighted by molar-refractivity contribution is 7.89. The van der Waals surface area contributed by atoms with Crippen LogP contribution in [-0.2, 0) is 10.0 Å². The number of nitrogens with two attached hydrogens (primary N) is 1. The third-order valence-electron chi connectivity index (χ3n) is 3.73. The molecule has 0 aromatic carbocycles. The quantitative estimate of drug-likeness (QED) is 0.721. The molecule has 2 unspecified atom stereocenters. The standard InChI is InChI=1S/C11H20N4O2S/c1-8-11(7-13-15-8)18(16,17)14-6-10-4-2-3-9(10)5-12/h7,9-10,14H,2-6,12H2,1H3,(H,13,15). The number of hydrogen-bond donors (Lipinski definition) is 3. The maximum Gasteiger partial charge on any atom is 0.243 e. The molecule has 4 N–H and O–H groups in total. The maximum absolute atomic E-state index is 12.1. The Hall–Kier alpha value is -0.920. The smallest absolute Gasteiger partial charge is 0.243 e. The number of H-pyrrole nitrogens is 1. The first-order valence-electron chi connectivity index (χ1n) is 6.24. The van der Waals surface area contributed by atoms with Gasteiger partial charge in [0.05, 0.1) is 11.9 Å². The molecule has 0 aliphatic heterocycles. The number of aryl methyl sites for hydroxylation is 1. The lowest BCUT2D eigenvalue weighted by atomic mass is 9.97. The minimum Gasteiger partial charge on any atom is -0.330 e. The second-order valence-corrected chi connectivity index (χ2v) is 6.63. The highest BCUT2D eigenvalue weighted by Crippen LogP contribution is 2.30. The van der Waals surface area contributed by atoms with E-state index in [0.717, 1.165) is 19.3 Å². The van der Waals surface area contributed by atoms with Crippen molar-refractivity contribution in [2.75, 3.05) is 13.1 Å². The number of nitrogens with zero attached hydrogens (tertiary/aromatic N) is 1. The van der Waals surface area contributed by atoms with Crippen LogP contribution in [0.3, 0.4) is 0 Å². The van der Waals surface area contributed by atoms with Crippen LogP contribution in [0.15, 0.2) is 11.1 Å². The van der Waals surface area contributed by atoms with Gasteiger partial charge in [0.25, 0.3) is 0 Å². The largest absolute Gasteiger partial charge is 0.330 e. The van der Waals surface area contributed by atoms with Gasteiger partial charge in [0.15, 0.2) is 0 Å². The average Bonchev–Trinajstić information content (AvgIpc) is 2.94. The molecule has 102 valence electrons. The van der Waals surface area contributed by atoms with E-state index < -0.39 is 10.0 Å². The van der Waals surface area contributed by atoms with Crippen molar-refractivity contribution in [2.24, 2.45) is 17.6 Å². The van der Waals surface area contributed by atoms with Crippen molar-refractivity contribution >= 4 is 10.0 Å². The van der Waals surface area contributed by atoms with E-state index in [1.165, 1.54) is 6.20 Å². The van der Waals surface area contributed by atoms with Gasteiger partial charge in [-0.3, -0.25) is 5.10 Å². The molecule has 1 aromatic heterocycles. The van der Waals surface area contributed by atoms with Gasteiger partial charge in [0.2, 0.25) is 10.0 Å². The zero-order valence-corrected chi connectivity index (χ0v) is 11.3. The summed E-state index contributed by atoms with van der Waals surface area (Å²) in [6, 6.07) is 0. The minimum absolute atomic E-state index is 0.227. The van der Waals surface area contributed by atoms with E-state index in [2.05, 4.69) is 14.9 Å². The Labute approximate surface area is 107 Å². The van der Waals surface area contributed by atoms with Gasteiger partial charge in [-0.25, -0.2) is 13.1 Å². The van der Waals surface area contributed by atoms with Gasteiger partial charge in [0.1, 0.15) is 4.90 Å². The van der Waals surface area contributed by atoms with Crippen molar-refractivity contribution in [3.8, 4) is 0 Å². The molecular weight excluding hydrogens is 252 g/mol. The zero-order valence-electron chi connectivity index (χ0n) is 10.5. The monoisotopic (exact) mass is 272 g/mol. The Morgan fingerprint density at radius 3 is 2.83 bits per heavy atom. The van der Waals surface area contributed by atoms with Crippen LogP contribution in [0.2, 0.25) is 0 Å². The summed E-state index contributed by atoms with van der Waals surface area (Å²) in [5, 5.41) is 6.37. The molecule has 1 fully saturated rings. The molecular formula is C11H20N4O2S. The van der Waals surface area contributed by atoms with Crippen LogP contribution in [-0.4, -0.2) is 31.7 Å². The Balaban J connectivity index is 2.00. The Kier molecular flexibility index (Phi) is 4.04. The van der Waals surface area contributed by atoms with E-state index in [4.69, 9.17) is 5.73 Å². The lowest BCUT2D eigenvalue weighted by Gasteiger charge is -2.18. The lowest BCUT2D eigenvalue weighted by molar-refractivity contribution is 0.393. The number of sulfonamides is 1. The fourth-order valence-electron chi connectivity index (χ4n) is 2.60. The second kappa shape index (κ2) is 5.38. The summed E-state index contributed by atoms with van der Waals surface area (Å²) in [6.07, 6.45) is 4.63. The summed E-state index contributed by atoms with van der Waals surface area (Å²) in [6.45, 7) is 2.80. The maximum atomic E-state index is 12.1. The molecule has 1 aromatic rings. The molecule has 0 spiro atoms. The van der Waals surface area contributed by atoms with Gasteiger partial charge in [-0.2, -0.15) is 5.10 Å². The summed E-state index contributed by atoms with van der Waals surface area (Å²) in [7, 11) is -3.45. The minimum atomic E-state index is -3.45. The molecule has 1 saturated carbocycles. The Morgan fingerprint density at radius 2 is 2.22 bits per heavy atom. The van der Waals surface area contributed by atoms with Gasteiger partial charge in [-0.1, -0.05) is 6.42 Å². The predicted octanol–water partition coefficient (Wildman–Crippen LogP) is 0.371. The van der Waals surface area contributed by atoms with Crippen LogP contribution in [0.25, 0.3) is 0 Å². The molecule has 0 bridgehead atoms. The summed E-state index contributed by atoms with van der Waals surface area (Å²) >= 11 is 0. The predicted molar refractivity (Wildman–Crippen MR) is 68.4 cm³/mol.